The molecule has 0 aliphatic heterocycles. The molecular weight excluding hydrogens is 520 g/mol. The summed E-state index contributed by atoms with van der Waals surface area (Å²) in [6, 6.07) is 8.73. The Kier molecular flexibility index (Phi) is 8.45. The molecule has 0 aromatic heterocycles. The summed E-state index contributed by atoms with van der Waals surface area (Å²) >= 11 is 0. The molecule has 1 aromatic rings. The summed E-state index contributed by atoms with van der Waals surface area (Å²) in [5.41, 5.74) is -1.02. The van der Waals surface area contributed by atoms with Crippen LogP contribution in [0.1, 0.15) is 105 Å². The second kappa shape index (κ2) is 11.2. The summed E-state index contributed by atoms with van der Waals surface area (Å²) in [5, 5.41) is 0. The van der Waals surface area contributed by atoms with Gasteiger partial charge in [0.2, 0.25) is 0 Å². The first kappa shape index (κ1) is 31.8. The minimum absolute atomic E-state index is 0.196. The molecule has 4 aliphatic rings. The van der Waals surface area contributed by atoms with Gasteiger partial charge in [0.05, 0.1) is 10.8 Å². The Morgan fingerprint density at radius 1 is 0.786 bits per heavy atom. The number of benzene rings is 1. The predicted molar refractivity (Wildman–Crippen MR) is 169 cm³/mol. The van der Waals surface area contributed by atoms with E-state index in [-0.39, 0.29) is 30.5 Å². The SMILES string of the molecule is CC(C)=CCC/C(C)=C/C[C@]12C[C@@H]3[C@H](C=C(C)C)[C@](CC=C(C)C)(C1=O)C(=O)[C@](C(=O)c1ccccc1)(C2=O)C3(C)C. The first-order valence-corrected chi connectivity index (χ1v) is 15.4. The Bertz CT molecular complexity index is 1420. The van der Waals surface area contributed by atoms with Gasteiger partial charge >= 0.3 is 0 Å². The van der Waals surface area contributed by atoms with Crippen molar-refractivity contribution in [3.8, 4) is 0 Å². The van der Waals surface area contributed by atoms with Crippen molar-refractivity contribution in [3.05, 3.63) is 82.5 Å². The summed E-state index contributed by atoms with van der Waals surface area (Å²) in [4.78, 5) is 60.0. The van der Waals surface area contributed by atoms with Crippen molar-refractivity contribution in [2.45, 2.75) is 94.4 Å². The zero-order valence-corrected chi connectivity index (χ0v) is 27.0. The lowest BCUT2D eigenvalue weighted by Crippen LogP contribution is -2.83. The fourth-order valence-corrected chi connectivity index (χ4v) is 8.25. The van der Waals surface area contributed by atoms with E-state index in [4.69, 9.17) is 0 Å². The van der Waals surface area contributed by atoms with Gasteiger partial charge in [0.1, 0.15) is 0 Å². The highest BCUT2D eigenvalue weighted by molar-refractivity contribution is 6.42. The molecule has 0 spiro atoms. The quantitative estimate of drug-likeness (QED) is 0.161. The lowest BCUT2D eigenvalue weighted by Gasteiger charge is -2.70. The van der Waals surface area contributed by atoms with Crippen molar-refractivity contribution in [2.75, 3.05) is 0 Å². The van der Waals surface area contributed by atoms with Crippen LogP contribution in [0.15, 0.2) is 76.9 Å². The van der Waals surface area contributed by atoms with Gasteiger partial charge in [-0.1, -0.05) is 90.8 Å². The van der Waals surface area contributed by atoms with Gasteiger partial charge in [0.25, 0.3) is 0 Å². The molecule has 4 bridgehead atoms. The van der Waals surface area contributed by atoms with Crippen LogP contribution in [0, 0.1) is 33.5 Å². The molecule has 4 fully saturated rings. The zero-order chi connectivity index (χ0) is 31.3. The summed E-state index contributed by atoms with van der Waals surface area (Å²) in [6.45, 7) is 17.9. The summed E-state index contributed by atoms with van der Waals surface area (Å²) in [5.74, 6) is -2.27. The molecule has 5 rings (SSSR count). The van der Waals surface area contributed by atoms with Gasteiger partial charge in [-0.25, -0.2) is 0 Å². The van der Waals surface area contributed by atoms with Crippen LogP contribution in [-0.2, 0) is 14.4 Å². The first-order chi connectivity index (χ1) is 19.6. The van der Waals surface area contributed by atoms with Gasteiger partial charge < -0.3 is 0 Å². The average molecular weight is 569 g/mol. The number of ketones is 4. The Labute approximate surface area is 252 Å². The molecule has 0 N–H and O–H groups in total. The second-order valence-corrected chi connectivity index (χ2v) is 14.3. The third kappa shape index (κ3) is 4.48. The summed E-state index contributed by atoms with van der Waals surface area (Å²) in [7, 11) is 0. The number of carbonyl (C=O) groups excluding carboxylic acids is 4. The number of rotatable bonds is 10. The molecule has 4 heteroatoms. The van der Waals surface area contributed by atoms with Crippen LogP contribution < -0.4 is 0 Å². The van der Waals surface area contributed by atoms with Crippen LogP contribution in [0.25, 0.3) is 0 Å². The standard InChI is InChI=1S/C38H48O4/c1-24(2)14-13-15-27(7)19-20-36-23-30-29(22-26(5)6)37(32(36)40,21-18-25(3)4)34(42)38(33(36)41,35(30,8)9)31(39)28-16-11-10-12-17-28/h10-12,14,16-19,22,29-30H,13,15,20-21,23H2,1-9H3/b27-19+/t29-,30+,36-,37+,38-/m0/s1. The molecule has 4 aliphatic carbocycles. The number of carbonyl (C=O) groups is 4. The maximum atomic E-state index is 15.2. The molecule has 4 nitrogen and oxygen atoms in total. The third-order valence-corrected chi connectivity index (χ3v) is 10.4. The second-order valence-electron chi connectivity index (χ2n) is 14.3. The average Bonchev–Trinajstić information content (AvgIpc) is 2.91. The Morgan fingerprint density at radius 2 is 1.40 bits per heavy atom. The van der Waals surface area contributed by atoms with Gasteiger partial charge in [-0.05, 0) is 91.9 Å². The van der Waals surface area contributed by atoms with E-state index in [1.54, 1.807) is 24.3 Å². The van der Waals surface area contributed by atoms with Crippen LogP contribution in [0.3, 0.4) is 0 Å². The zero-order valence-electron chi connectivity index (χ0n) is 27.0. The van der Waals surface area contributed by atoms with Gasteiger partial charge in [0, 0.05) is 11.5 Å². The van der Waals surface area contributed by atoms with E-state index in [1.807, 2.05) is 66.7 Å². The van der Waals surface area contributed by atoms with Crippen molar-refractivity contribution in [3.63, 3.8) is 0 Å². The highest BCUT2D eigenvalue weighted by atomic mass is 16.2. The highest BCUT2D eigenvalue weighted by Crippen LogP contribution is 2.75. The van der Waals surface area contributed by atoms with Crippen molar-refractivity contribution in [1.29, 1.82) is 0 Å². The highest BCUT2D eigenvalue weighted by Gasteiger charge is 2.86. The van der Waals surface area contributed by atoms with Gasteiger partial charge in [-0.15, -0.1) is 0 Å². The van der Waals surface area contributed by atoms with Crippen LogP contribution in [0.4, 0.5) is 0 Å². The van der Waals surface area contributed by atoms with E-state index < -0.39 is 39.0 Å². The van der Waals surface area contributed by atoms with E-state index in [2.05, 4.69) is 26.0 Å². The molecule has 0 radical (unpaired) electrons. The minimum Gasteiger partial charge on any atom is -0.297 e. The van der Waals surface area contributed by atoms with Crippen LogP contribution in [0.2, 0.25) is 0 Å². The van der Waals surface area contributed by atoms with Crippen molar-refractivity contribution in [1.82, 2.24) is 0 Å². The van der Waals surface area contributed by atoms with Crippen molar-refractivity contribution in [2.24, 2.45) is 33.5 Å². The Hall–Kier alpha value is -3.14. The molecule has 224 valence electrons. The number of allylic oxidation sites excluding steroid dienone is 8. The normalized spacial score (nSPS) is 31.2. The number of hydrogen-bond acceptors (Lipinski definition) is 4. The molecule has 1 aromatic carbocycles. The largest absolute Gasteiger partial charge is 0.297 e. The Balaban J connectivity index is 2.01. The predicted octanol–water partition coefficient (Wildman–Crippen LogP) is 8.63. The maximum absolute atomic E-state index is 15.2. The Morgan fingerprint density at radius 3 is 1.98 bits per heavy atom. The molecule has 0 saturated heterocycles. The molecule has 42 heavy (non-hydrogen) atoms. The lowest BCUT2D eigenvalue weighted by atomic mass is 9.27. The van der Waals surface area contributed by atoms with E-state index in [1.165, 1.54) is 5.57 Å². The van der Waals surface area contributed by atoms with Gasteiger partial charge in [-0.2, -0.15) is 0 Å². The van der Waals surface area contributed by atoms with Crippen LogP contribution >= 0.6 is 0 Å². The fraction of sp³-hybridized carbons (Fsp3) is 0.526. The summed E-state index contributed by atoms with van der Waals surface area (Å²) in [6.07, 6.45) is 10.8. The smallest absolute Gasteiger partial charge is 0.184 e. The van der Waals surface area contributed by atoms with Crippen molar-refractivity contribution >= 4 is 23.1 Å². The number of Topliss-reactive ketones (excluding diaryl/α,β-unsaturated/α-hetero) is 4. The minimum atomic E-state index is -1.92. The van der Waals surface area contributed by atoms with Crippen LogP contribution in [-0.4, -0.2) is 23.1 Å². The number of hydrogen-bond donors (Lipinski definition) is 0. The molecule has 4 saturated carbocycles. The van der Waals surface area contributed by atoms with E-state index in [0.717, 1.165) is 29.6 Å². The summed E-state index contributed by atoms with van der Waals surface area (Å²) < 4.78 is 0. The molecule has 0 unspecified atom stereocenters. The van der Waals surface area contributed by atoms with Gasteiger partial charge in [-0.3, -0.25) is 19.2 Å². The maximum Gasteiger partial charge on any atom is 0.184 e. The van der Waals surface area contributed by atoms with Gasteiger partial charge in [0.15, 0.2) is 28.5 Å². The topological polar surface area (TPSA) is 68.3 Å². The van der Waals surface area contributed by atoms with Crippen molar-refractivity contribution < 1.29 is 19.2 Å². The fourth-order valence-electron chi connectivity index (χ4n) is 8.25. The monoisotopic (exact) mass is 568 g/mol. The molecule has 5 atom stereocenters. The third-order valence-electron chi connectivity index (χ3n) is 10.4. The van der Waals surface area contributed by atoms with E-state index >= 15 is 14.4 Å². The molecule has 0 amide bonds. The van der Waals surface area contributed by atoms with Crippen LogP contribution in [0.5, 0.6) is 0 Å². The first-order valence-electron chi connectivity index (χ1n) is 15.4. The molecular formula is C38H48O4. The van der Waals surface area contributed by atoms with E-state index in [9.17, 15) is 4.79 Å². The lowest BCUT2D eigenvalue weighted by molar-refractivity contribution is -0.209. The molecule has 0 heterocycles. The van der Waals surface area contributed by atoms with E-state index in [0.29, 0.717) is 12.0 Å².